The van der Waals surface area contributed by atoms with Crippen molar-refractivity contribution in [1.82, 2.24) is 0 Å². The number of carbonyl (C=O) groups is 1. The molecule has 0 aromatic heterocycles. The molecule has 0 spiro atoms. The number of benzene rings is 2. The van der Waals surface area contributed by atoms with Gasteiger partial charge in [0.15, 0.2) is 0 Å². The number of nitrogens with one attached hydrogen (secondary N) is 1. The maximum atomic E-state index is 12.6. The zero-order valence-corrected chi connectivity index (χ0v) is 23.2. The number of hydrogen-bond acceptors (Lipinski definition) is 2. The first kappa shape index (κ1) is 26.0. The number of anilines is 2. The van der Waals surface area contributed by atoms with Crippen LogP contribution in [0.1, 0.15) is 38.2 Å². The van der Waals surface area contributed by atoms with Gasteiger partial charge in [0.1, 0.15) is 0 Å². The molecule has 0 saturated carbocycles. The smallest absolute Gasteiger partial charge is 0.252 e. The van der Waals surface area contributed by atoms with Crippen LogP contribution in [-0.2, 0) is 63.2 Å². The van der Waals surface area contributed by atoms with Gasteiger partial charge < -0.3 is 29.2 Å². The van der Waals surface area contributed by atoms with E-state index in [1.165, 1.54) is 5.56 Å². The molecule has 128 valence electrons. The SMILES string of the molecule is Cc1c(C)c(C)c(C(=O)Nc2[c-]c[c-]cc2N)c(C)c1C.[W].[W].[W]. The molecule has 0 atom stereocenters. The molecule has 2 rings (SSSR count). The second kappa shape index (κ2) is 10.7. The standard InChI is InChI=1S/C18H20N2O.3W/c1-10-11(2)13(4)17(14(5)12(10)3)18(21)20-16-9-7-6-8-15(16)19;;;/h7-8H,19H2,1-5H3,(H,20,21);;;/q-2;;;. The van der Waals surface area contributed by atoms with Gasteiger partial charge >= 0.3 is 0 Å². The van der Waals surface area contributed by atoms with Crippen molar-refractivity contribution < 1.29 is 68.0 Å². The van der Waals surface area contributed by atoms with Crippen molar-refractivity contribution >= 4 is 17.3 Å². The summed E-state index contributed by atoms with van der Waals surface area (Å²) in [6.45, 7) is 10.1. The van der Waals surface area contributed by atoms with Gasteiger partial charge in [-0.2, -0.15) is 11.4 Å². The Hall–Kier alpha value is -0.225. The van der Waals surface area contributed by atoms with Gasteiger partial charge in [-0.25, -0.2) is 0 Å². The van der Waals surface area contributed by atoms with E-state index in [2.05, 4.69) is 24.4 Å². The Kier molecular flexibility index (Phi) is 11.6. The van der Waals surface area contributed by atoms with E-state index < -0.39 is 0 Å². The fourth-order valence-electron chi connectivity index (χ4n) is 2.53. The molecule has 0 unspecified atom stereocenters. The third-order valence-corrected chi connectivity index (χ3v) is 4.29. The molecule has 3 nitrogen and oxygen atoms in total. The van der Waals surface area contributed by atoms with E-state index in [0.29, 0.717) is 11.4 Å². The van der Waals surface area contributed by atoms with Crippen molar-refractivity contribution in [2.24, 2.45) is 0 Å². The number of amides is 1. The molecule has 0 aliphatic carbocycles. The molecule has 0 aliphatic heterocycles. The summed E-state index contributed by atoms with van der Waals surface area (Å²) < 4.78 is 0. The van der Waals surface area contributed by atoms with Gasteiger partial charge in [0, 0.05) is 68.8 Å². The summed E-state index contributed by atoms with van der Waals surface area (Å²) in [6.07, 6.45) is 0. The third kappa shape index (κ3) is 5.14. The first-order chi connectivity index (χ1) is 9.84. The van der Waals surface area contributed by atoms with Crippen molar-refractivity contribution in [3.63, 3.8) is 0 Å². The van der Waals surface area contributed by atoms with Crippen LogP contribution in [0, 0.1) is 46.8 Å². The van der Waals surface area contributed by atoms with Crippen LogP contribution in [0.25, 0.3) is 0 Å². The van der Waals surface area contributed by atoms with E-state index in [1.54, 1.807) is 12.1 Å². The zero-order chi connectivity index (χ0) is 15.7. The third-order valence-electron chi connectivity index (χ3n) is 4.29. The average molecular weight is 832 g/mol. The first-order valence-corrected chi connectivity index (χ1v) is 6.90. The Morgan fingerprint density at radius 2 is 1.38 bits per heavy atom. The number of hydrogen-bond donors (Lipinski definition) is 2. The summed E-state index contributed by atoms with van der Waals surface area (Å²) in [5.74, 6) is -0.148. The molecule has 0 bridgehead atoms. The maximum Gasteiger partial charge on any atom is 0.252 e. The van der Waals surface area contributed by atoms with Crippen molar-refractivity contribution in [3.8, 4) is 0 Å². The van der Waals surface area contributed by atoms with Gasteiger partial charge in [0.25, 0.3) is 5.91 Å². The summed E-state index contributed by atoms with van der Waals surface area (Å²) in [4.78, 5) is 12.6. The molecule has 0 fully saturated rings. The predicted octanol–water partition coefficient (Wildman–Crippen LogP) is 3.66. The fraction of sp³-hybridized carbons (Fsp3) is 0.278. The molecule has 2 aromatic rings. The minimum Gasteiger partial charge on any atom is -0.501 e. The van der Waals surface area contributed by atoms with E-state index in [-0.39, 0.29) is 69.1 Å². The first-order valence-electron chi connectivity index (χ1n) is 6.90. The number of rotatable bonds is 2. The maximum absolute atomic E-state index is 12.6. The number of carbonyl (C=O) groups excluding carboxylic acids is 1. The van der Waals surface area contributed by atoms with Crippen LogP contribution in [0.3, 0.4) is 0 Å². The molecule has 1 amide bonds. The van der Waals surface area contributed by atoms with Gasteiger partial charge in [0.2, 0.25) is 0 Å². The van der Waals surface area contributed by atoms with Crippen LogP contribution in [0.2, 0.25) is 0 Å². The van der Waals surface area contributed by atoms with E-state index in [0.717, 1.165) is 27.8 Å². The van der Waals surface area contributed by atoms with Crippen LogP contribution >= 0.6 is 0 Å². The van der Waals surface area contributed by atoms with Gasteiger partial charge in [-0.3, -0.25) is 10.9 Å². The summed E-state index contributed by atoms with van der Waals surface area (Å²) in [5.41, 5.74) is 13.1. The second-order valence-electron chi connectivity index (χ2n) is 5.38. The molecule has 0 saturated heterocycles. The molecular formula is C18H20N2OW3-2. The van der Waals surface area contributed by atoms with Crippen LogP contribution in [0.4, 0.5) is 11.4 Å². The Bertz CT molecular complexity index is 701. The quantitative estimate of drug-likeness (QED) is 0.359. The van der Waals surface area contributed by atoms with Crippen LogP contribution in [-0.4, -0.2) is 5.91 Å². The Balaban J connectivity index is 0. The van der Waals surface area contributed by atoms with Gasteiger partial charge in [-0.15, -0.1) is 0 Å². The van der Waals surface area contributed by atoms with Gasteiger partial charge in [-0.1, -0.05) is 0 Å². The number of nitrogens with two attached hydrogens (primary N) is 1. The Morgan fingerprint density at radius 3 is 1.83 bits per heavy atom. The van der Waals surface area contributed by atoms with E-state index in [4.69, 9.17) is 5.73 Å². The monoisotopic (exact) mass is 832 g/mol. The fourth-order valence-corrected chi connectivity index (χ4v) is 2.53. The summed E-state index contributed by atoms with van der Waals surface area (Å²) >= 11 is 0. The Morgan fingerprint density at radius 1 is 0.917 bits per heavy atom. The molecular weight excluding hydrogens is 812 g/mol. The molecule has 24 heavy (non-hydrogen) atoms. The van der Waals surface area contributed by atoms with Crippen molar-refractivity contribution in [3.05, 3.63) is 57.6 Å². The zero-order valence-electron chi connectivity index (χ0n) is 14.4. The van der Waals surface area contributed by atoms with Crippen molar-refractivity contribution in [1.29, 1.82) is 0 Å². The molecule has 0 aliphatic rings. The molecule has 0 radical (unpaired) electrons. The normalized spacial score (nSPS) is 9.21. The largest absolute Gasteiger partial charge is 0.501 e. The van der Waals surface area contributed by atoms with Crippen molar-refractivity contribution in [2.45, 2.75) is 34.6 Å². The Labute approximate surface area is 187 Å². The summed E-state index contributed by atoms with van der Waals surface area (Å²) in [6, 6.07) is 8.97. The van der Waals surface area contributed by atoms with Crippen LogP contribution in [0.15, 0.2) is 12.1 Å². The average Bonchev–Trinajstić information content (AvgIpc) is 2.46. The second-order valence-corrected chi connectivity index (χ2v) is 5.38. The van der Waals surface area contributed by atoms with Crippen LogP contribution in [0.5, 0.6) is 0 Å². The minimum atomic E-state index is -0.148. The van der Waals surface area contributed by atoms with Gasteiger partial charge in [-0.05, 0) is 62.4 Å². The minimum absolute atomic E-state index is 0. The summed E-state index contributed by atoms with van der Waals surface area (Å²) in [7, 11) is 0. The molecule has 3 N–H and O–H groups in total. The molecule has 0 heterocycles. The number of nitrogen functional groups attached to an aromatic ring is 1. The molecule has 2 aromatic carbocycles. The van der Waals surface area contributed by atoms with Gasteiger partial charge in [0.05, 0.1) is 0 Å². The topological polar surface area (TPSA) is 55.1 Å². The molecule has 6 heteroatoms. The van der Waals surface area contributed by atoms with E-state index in [9.17, 15) is 4.79 Å². The van der Waals surface area contributed by atoms with Crippen LogP contribution < -0.4 is 11.1 Å². The van der Waals surface area contributed by atoms with E-state index in [1.807, 2.05) is 27.7 Å². The predicted molar refractivity (Wildman–Crippen MR) is 86.6 cm³/mol. The summed E-state index contributed by atoms with van der Waals surface area (Å²) in [5, 5.41) is 2.84. The van der Waals surface area contributed by atoms with Crippen molar-refractivity contribution in [2.75, 3.05) is 11.1 Å². The van der Waals surface area contributed by atoms with E-state index >= 15 is 0 Å².